The van der Waals surface area contributed by atoms with E-state index in [-0.39, 0.29) is 21.3 Å². The van der Waals surface area contributed by atoms with E-state index in [0.29, 0.717) is 5.02 Å². The Morgan fingerprint density at radius 1 is 1.05 bits per heavy atom. The van der Waals surface area contributed by atoms with Gasteiger partial charge in [-0.2, -0.15) is 0 Å². The highest BCUT2D eigenvalue weighted by Crippen LogP contribution is 2.27. The van der Waals surface area contributed by atoms with Crippen molar-refractivity contribution < 1.29 is 12.8 Å². The van der Waals surface area contributed by atoms with E-state index in [1.807, 2.05) is 0 Å². The lowest BCUT2D eigenvalue weighted by Gasteiger charge is -2.09. The van der Waals surface area contributed by atoms with Crippen LogP contribution in [0.3, 0.4) is 0 Å². The van der Waals surface area contributed by atoms with Crippen LogP contribution in [0.5, 0.6) is 0 Å². The quantitative estimate of drug-likeness (QED) is 0.843. The number of hydrogen-bond donors (Lipinski definition) is 2. The zero-order valence-electron chi connectivity index (χ0n) is 9.90. The van der Waals surface area contributed by atoms with Crippen molar-refractivity contribution in [3.05, 3.63) is 52.3 Å². The number of rotatable bonds is 3. The number of anilines is 2. The van der Waals surface area contributed by atoms with Crippen LogP contribution < -0.4 is 10.5 Å². The third kappa shape index (κ3) is 3.33. The average Bonchev–Trinajstić information content (AvgIpc) is 2.32. The maximum absolute atomic E-state index is 13.2. The van der Waals surface area contributed by atoms with Gasteiger partial charge in [0.15, 0.2) is 0 Å². The minimum Gasteiger partial charge on any atom is -0.399 e. The third-order valence-corrected chi connectivity index (χ3v) is 4.48. The molecule has 3 N–H and O–H groups in total. The van der Waals surface area contributed by atoms with Crippen LogP contribution in [0, 0.1) is 5.82 Å². The number of nitrogen functional groups attached to an aromatic ring is 1. The fourth-order valence-electron chi connectivity index (χ4n) is 1.51. The Morgan fingerprint density at radius 2 is 1.75 bits per heavy atom. The zero-order chi connectivity index (χ0) is 14.9. The average molecular weight is 335 g/mol. The number of halogens is 3. The molecule has 0 spiro atoms. The summed E-state index contributed by atoms with van der Waals surface area (Å²) in [5, 5.41) is 0.496. The van der Waals surface area contributed by atoms with Crippen molar-refractivity contribution in [2.24, 2.45) is 0 Å². The Labute approximate surface area is 125 Å². The Kier molecular flexibility index (Phi) is 4.08. The first-order valence-corrected chi connectivity index (χ1v) is 7.56. The predicted molar refractivity (Wildman–Crippen MR) is 78.1 cm³/mol. The van der Waals surface area contributed by atoms with Crippen molar-refractivity contribution in [1.82, 2.24) is 0 Å². The molecule has 0 bridgehead atoms. The predicted octanol–water partition coefficient (Wildman–Crippen LogP) is 3.52. The van der Waals surface area contributed by atoms with E-state index < -0.39 is 15.8 Å². The first kappa shape index (κ1) is 14.9. The van der Waals surface area contributed by atoms with Gasteiger partial charge in [0.2, 0.25) is 0 Å². The molecule has 0 saturated carbocycles. The van der Waals surface area contributed by atoms with Gasteiger partial charge in [-0.1, -0.05) is 23.2 Å². The summed E-state index contributed by atoms with van der Waals surface area (Å²) in [6.07, 6.45) is 0. The van der Waals surface area contributed by atoms with Crippen molar-refractivity contribution in [2.45, 2.75) is 4.90 Å². The van der Waals surface area contributed by atoms with Gasteiger partial charge in [-0.3, -0.25) is 4.72 Å². The van der Waals surface area contributed by atoms with Gasteiger partial charge in [-0.25, -0.2) is 12.8 Å². The number of sulfonamides is 1. The molecule has 0 fully saturated rings. The largest absolute Gasteiger partial charge is 0.399 e. The van der Waals surface area contributed by atoms with Gasteiger partial charge in [0, 0.05) is 5.69 Å². The highest BCUT2D eigenvalue weighted by Gasteiger charge is 2.16. The van der Waals surface area contributed by atoms with Crippen molar-refractivity contribution in [3.63, 3.8) is 0 Å². The topological polar surface area (TPSA) is 72.2 Å². The number of nitrogens with two attached hydrogens (primary N) is 1. The summed E-state index contributed by atoms with van der Waals surface area (Å²) in [7, 11) is -3.96. The first-order chi connectivity index (χ1) is 9.28. The van der Waals surface area contributed by atoms with E-state index in [4.69, 9.17) is 28.9 Å². The molecule has 0 aliphatic carbocycles. The lowest BCUT2D eigenvalue weighted by atomic mass is 10.3. The molecule has 0 aliphatic heterocycles. The van der Waals surface area contributed by atoms with Crippen LogP contribution in [-0.4, -0.2) is 8.42 Å². The summed E-state index contributed by atoms with van der Waals surface area (Å²) in [4.78, 5) is -0.277. The standard InChI is InChI=1S/C12H9Cl2FN2O2S/c13-11-2-1-9(6-12(11)14)17-20(18,19)10-4-7(15)3-8(16)5-10/h1-6,17H,16H2. The molecule has 0 radical (unpaired) electrons. The van der Waals surface area contributed by atoms with Crippen molar-refractivity contribution in [2.75, 3.05) is 10.5 Å². The fraction of sp³-hybridized carbons (Fsp3) is 0. The van der Waals surface area contributed by atoms with Gasteiger partial charge in [0.25, 0.3) is 10.0 Å². The Hall–Kier alpha value is -1.50. The smallest absolute Gasteiger partial charge is 0.262 e. The molecule has 0 saturated heterocycles. The summed E-state index contributed by atoms with van der Waals surface area (Å²) in [5.41, 5.74) is 5.65. The highest BCUT2D eigenvalue weighted by molar-refractivity contribution is 7.92. The molecule has 0 heterocycles. The Morgan fingerprint density at radius 3 is 2.35 bits per heavy atom. The van der Waals surface area contributed by atoms with Gasteiger partial charge in [0.1, 0.15) is 5.82 Å². The highest BCUT2D eigenvalue weighted by atomic mass is 35.5. The maximum atomic E-state index is 13.2. The summed E-state index contributed by atoms with van der Waals surface area (Å²) in [6.45, 7) is 0. The number of benzene rings is 2. The lowest BCUT2D eigenvalue weighted by Crippen LogP contribution is -2.13. The maximum Gasteiger partial charge on any atom is 0.262 e. The van der Waals surface area contributed by atoms with Gasteiger partial charge < -0.3 is 5.73 Å². The van der Waals surface area contributed by atoms with E-state index >= 15 is 0 Å². The molecule has 2 aromatic rings. The summed E-state index contributed by atoms with van der Waals surface area (Å²) >= 11 is 11.5. The first-order valence-electron chi connectivity index (χ1n) is 5.32. The van der Waals surface area contributed by atoms with E-state index in [1.165, 1.54) is 18.2 Å². The van der Waals surface area contributed by atoms with Gasteiger partial charge in [-0.15, -0.1) is 0 Å². The van der Waals surface area contributed by atoms with Gasteiger partial charge in [-0.05, 0) is 36.4 Å². The van der Waals surface area contributed by atoms with Crippen LogP contribution in [0.15, 0.2) is 41.3 Å². The lowest BCUT2D eigenvalue weighted by molar-refractivity contribution is 0.595. The second kappa shape index (κ2) is 5.47. The molecule has 0 unspecified atom stereocenters. The third-order valence-electron chi connectivity index (χ3n) is 2.38. The van der Waals surface area contributed by atoms with Gasteiger partial charge in [0.05, 0.1) is 20.6 Å². The van der Waals surface area contributed by atoms with Crippen LogP contribution in [0.4, 0.5) is 15.8 Å². The Bertz CT molecular complexity index is 746. The molecular weight excluding hydrogens is 326 g/mol. The van der Waals surface area contributed by atoms with Crippen LogP contribution in [0.25, 0.3) is 0 Å². The van der Waals surface area contributed by atoms with E-state index in [1.54, 1.807) is 0 Å². The summed E-state index contributed by atoms with van der Waals surface area (Å²) in [6, 6.07) is 7.29. The summed E-state index contributed by atoms with van der Waals surface area (Å²) in [5.74, 6) is -0.737. The molecular formula is C12H9Cl2FN2O2S. The zero-order valence-corrected chi connectivity index (χ0v) is 12.2. The minimum absolute atomic E-state index is 0.0134. The van der Waals surface area contributed by atoms with E-state index in [2.05, 4.69) is 4.72 Å². The van der Waals surface area contributed by atoms with E-state index in [9.17, 15) is 12.8 Å². The van der Waals surface area contributed by atoms with Crippen LogP contribution in [0.2, 0.25) is 10.0 Å². The summed E-state index contributed by atoms with van der Waals surface area (Å²) < 4.78 is 39.7. The fourth-order valence-corrected chi connectivity index (χ4v) is 2.93. The van der Waals surface area contributed by atoms with Crippen molar-refractivity contribution in [3.8, 4) is 0 Å². The Balaban J connectivity index is 2.37. The molecule has 0 aliphatic rings. The van der Waals surface area contributed by atoms with Crippen LogP contribution in [0.1, 0.15) is 0 Å². The second-order valence-electron chi connectivity index (χ2n) is 3.95. The monoisotopic (exact) mass is 334 g/mol. The van der Waals surface area contributed by atoms with Crippen LogP contribution in [-0.2, 0) is 10.0 Å². The van der Waals surface area contributed by atoms with Crippen molar-refractivity contribution >= 4 is 44.6 Å². The molecule has 0 amide bonds. The number of nitrogens with one attached hydrogen (secondary N) is 1. The molecule has 2 aromatic carbocycles. The molecule has 2 rings (SSSR count). The van der Waals surface area contributed by atoms with Gasteiger partial charge >= 0.3 is 0 Å². The molecule has 20 heavy (non-hydrogen) atoms. The number of hydrogen-bond acceptors (Lipinski definition) is 3. The van der Waals surface area contributed by atoms with E-state index in [0.717, 1.165) is 18.2 Å². The molecule has 8 heteroatoms. The molecule has 106 valence electrons. The second-order valence-corrected chi connectivity index (χ2v) is 6.45. The van der Waals surface area contributed by atoms with Crippen molar-refractivity contribution in [1.29, 1.82) is 0 Å². The normalized spacial score (nSPS) is 11.3. The molecule has 0 atom stereocenters. The molecule has 0 aromatic heterocycles. The van der Waals surface area contributed by atoms with Crippen LogP contribution >= 0.6 is 23.2 Å². The minimum atomic E-state index is -3.96. The SMILES string of the molecule is Nc1cc(F)cc(S(=O)(=O)Nc2ccc(Cl)c(Cl)c2)c1. The molecule has 4 nitrogen and oxygen atoms in total.